The lowest BCUT2D eigenvalue weighted by Gasteiger charge is -2.33. The number of aliphatic carboxylic acids is 1. The van der Waals surface area contributed by atoms with Crippen LogP contribution in [0.3, 0.4) is 0 Å². The monoisotopic (exact) mass is 264 g/mol. The van der Waals surface area contributed by atoms with Crippen LogP contribution >= 0.6 is 35.6 Å². The second-order valence-electron chi connectivity index (χ2n) is 2.82. The van der Waals surface area contributed by atoms with E-state index in [0.29, 0.717) is 24.8 Å². The molecule has 0 bridgehead atoms. The third-order valence-electron chi connectivity index (χ3n) is 1.80. The largest absolute Gasteiger partial charge is 0.479 e. The molecule has 0 aliphatic rings. The first kappa shape index (κ1) is 16.7. The maximum Gasteiger partial charge on any atom is 0.338 e. The topological polar surface area (TPSA) is 66.6 Å². The third-order valence-corrected chi connectivity index (χ3v) is 2.14. The fourth-order valence-electron chi connectivity index (χ4n) is 0.916. The fraction of sp³-hybridized carbons (Fsp3) is 0.857. The Morgan fingerprint density at radius 1 is 1.43 bits per heavy atom. The van der Waals surface area contributed by atoms with Crippen molar-refractivity contribution in [2.45, 2.75) is 12.6 Å². The summed E-state index contributed by atoms with van der Waals surface area (Å²) in [5.74, 6) is -0.420. The Hall–Kier alpha value is 0.260. The van der Waals surface area contributed by atoms with Gasteiger partial charge in [0, 0.05) is 24.8 Å². The van der Waals surface area contributed by atoms with Crippen LogP contribution in [-0.4, -0.2) is 46.5 Å². The van der Waals surface area contributed by atoms with E-state index < -0.39 is 11.6 Å². The summed E-state index contributed by atoms with van der Waals surface area (Å²) in [6.45, 7) is 2.25. The molecule has 0 aromatic heterocycles. The van der Waals surface area contributed by atoms with Gasteiger partial charge in [-0.3, -0.25) is 4.90 Å². The number of halogens is 3. The van der Waals surface area contributed by atoms with Gasteiger partial charge in [0.2, 0.25) is 0 Å². The van der Waals surface area contributed by atoms with Gasteiger partial charge in [0.15, 0.2) is 5.66 Å². The molecule has 0 saturated carbocycles. The van der Waals surface area contributed by atoms with Crippen molar-refractivity contribution in [3.05, 3.63) is 0 Å². The van der Waals surface area contributed by atoms with Crippen molar-refractivity contribution in [1.82, 2.24) is 4.90 Å². The minimum Gasteiger partial charge on any atom is -0.479 e. The Balaban J connectivity index is 0. The highest BCUT2D eigenvalue weighted by molar-refractivity contribution is 6.18. The highest BCUT2D eigenvalue weighted by atomic mass is 35.5. The molecule has 0 saturated heterocycles. The first-order valence-corrected chi connectivity index (χ1v) is 4.93. The van der Waals surface area contributed by atoms with Gasteiger partial charge in [0.25, 0.3) is 0 Å². The first-order valence-electron chi connectivity index (χ1n) is 3.86. The van der Waals surface area contributed by atoms with Crippen LogP contribution in [0.15, 0.2) is 0 Å². The average Bonchev–Trinajstić information content (AvgIpc) is 2.03. The van der Waals surface area contributed by atoms with E-state index in [2.05, 4.69) is 0 Å². The lowest BCUT2D eigenvalue weighted by molar-refractivity contribution is -0.150. The minimum atomic E-state index is -1.40. The molecule has 0 heterocycles. The van der Waals surface area contributed by atoms with Crippen molar-refractivity contribution in [2.75, 3.05) is 24.8 Å². The van der Waals surface area contributed by atoms with Gasteiger partial charge in [-0.2, -0.15) is 0 Å². The Morgan fingerprint density at radius 3 is 2.00 bits per heavy atom. The van der Waals surface area contributed by atoms with Crippen molar-refractivity contribution in [1.29, 1.82) is 0 Å². The molecule has 0 spiro atoms. The summed E-state index contributed by atoms with van der Waals surface area (Å²) < 4.78 is 0. The zero-order chi connectivity index (χ0) is 10.5. The van der Waals surface area contributed by atoms with Gasteiger partial charge in [-0.15, -0.1) is 35.6 Å². The molecule has 1 unspecified atom stereocenters. The zero-order valence-corrected chi connectivity index (χ0v) is 10.2. The zero-order valence-electron chi connectivity index (χ0n) is 7.87. The Kier molecular flexibility index (Phi) is 8.98. The highest BCUT2D eigenvalue weighted by Crippen LogP contribution is 2.08. The molecule has 3 N–H and O–H groups in total. The number of carboxylic acid groups (broad SMARTS) is 1. The van der Waals surface area contributed by atoms with Gasteiger partial charge in [-0.1, -0.05) is 0 Å². The molecule has 0 radical (unpaired) electrons. The quantitative estimate of drug-likeness (QED) is 0.554. The predicted octanol–water partition coefficient (Wildman–Crippen LogP) is 0.947. The van der Waals surface area contributed by atoms with Crippen molar-refractivity contribution < 1.29 is 9.90 Å². The van der Waals surface area contributed by atoms with E-state index in [0.717, 1.165) is 0 Å². The van der Waals surface area contributed by atoms with E-state index in [1.165, 1.54) is 11.8 Å². The number of alkyl halides is 2. The summed E-state index contributed by atoms with van der Waals surface area (Å²) in [6, 6.07) is 0. The number of hydrogen-bond acceptors (Lipinski definition) is 3. The standard InChI is InChI=1S/C7H14Cl2N2O2.ClH/c1-7(10,6(12)13)11(4-2-8)5-3-9;/h2-5,10H2,1H3,(H,12,13);1H. The molecular weight excluding hydrogens is 250 g/mol. The summed E-state index contributed by atoms with van der Waals surface area (Å²) in [4.78, 5) is 12.3. The predicted molar refractivity (Wildman–Crippen MR) is 60.5 cm³/mol. The molecule has 0 aliphatic carbocycles. The minimum absolute atomic E-state index is 0. The summed E-state index contributed by atoms with van der Waals surface area (Å²) >= 11 is 11.0. The van der Waals surface area contributed by atoms with E-state index in [9.17, 15) is 4.79 Å². The van der Waals surface area contributed by atoms with Gasteiger partial charge < -0.3 is 10.8 Å². The van der Waals surface area contributed by atoms with Crippen LogP contribution in [0.1, 0.15) is 6.92 Å². The lowest BCUT2D eigenvalue weighted by Crippen LogP contribution is -2.60. The number of rotatable bonds is 6. The molecule has 0 aromatic carbocycles. The van der Waals surface area contributed by atoms with Crippen molar-refractivity contribution >= 4 is 41.6 Å². The summed E-state index contributed by atoms with van der Waals surface area (Å²) in [5.41, 5.74) is 4.19. The fourth-order valence-corrected chi connectivity index (χ4v) is 1.32. The number of nitrogens with two attached hydrogens (primary N) is 1. The van der Waals surface area contributed by atoms with Gasteiger partial charge in [-0.05, 0) is 6.92 Å². The van der Waals surface area contributed by atoms with Crippen molar-refractivity contribution in [3.8, 4) is 0 Å². The van der Waals surface area contributed by atoms with Crippen LogP contribution in [0.4, 0.5) is 0 Å². The number of carboxylic acids is 1. The van der Waals surface area contributed by atoms with Crippen LogP contribution in [-0.2, 0) is 4.79 Å². The third kappa shape index (κ3) is 4.66. The van der Waals surface area contributed by atoms with Crippen molar-refractivity contribution in [2.24, 2.45) is 5.73 Å². The van der Waals surface area contributed by atoms with Gasteiger partial charge in [0.05, 0.1) is 0 Å². The molecule has 7 heteroatoms. The molecule has 86 valence electrons. The van der Waals surface area contributed by atoms with Crippen LogP contribution in [0.25, 0.3) is 0 Å². The Morgan fingerprint density at radius 2 is 1.79 bits per heavy atom. The summed E-state index contributed by atoms with van der Waals surface area (Å²) in [5, 5.41) is 8.81. The number of hydrogen-bond donors (Lipinski definition) is 2. The first-order chi connectivity index (χ1) is 5.96. The molecule has 0 fully saturated rings. The van der Waals surface area contributed by atoms with E-state index in [4.69, 9.17) is 34.0 Å². The Labute approximate surface area is 99.7 Å². The van der Waals surface area contributed by atoms with Gasteiger partial charge in [0.1, 0.15) is 0 Å². The van der Waals surface area contributed by atoms with Gasteiger partial charge >= 0.3 is 5.97 Å². The van der Waals surface area contributed by atoms with Gasteiger partial charge in [-0.25, -0.2) is 4.79 Å². The molecule has 0 rings (SSSR count). The van der Waals surface area contributed by atoms with E-state index >= 15 is 0 Å². The molecule has 14 heavy (non-hydrogen) atoms. The van der Waals surface area contributed by atoms with E-state index in [1.807, 2.05) is 0 Å². The summed E-state index contributed by atoms with van der Waals surface area (Å²) in [7, 11) is 0. The lowest BCUT2D eigenvalue weighted by atomic mass is 10.2. The van der Waals surface area contributed by atoms with Crippen LogP contribution in [0, 0.1) is 0 Å². The Bertz CT molecular complexity index is 172. The SMILES string of the molecule is CC(N)(C(=O)O)N(CCCl)CCCl.Cl. The maximum atomic E-state index is 10.8. The highest BCUT2D eigenvalue weighted by Gasteiger charge is 2.34. The second kappa shape index (κ2) is 7.54. The number of nitrogens with zero attached hydrogens (tertiary/aromatic N) is 1. The van der Waals surface area contributed by atoms with E-state index in [1.54, 1.807) is 0 Å². The smallest absolute Gasteiger partial charge is 0.338 e. The van der Waals surface area contributed by atoms with Crippen LogP contribution in [0.5, 0.6) is 0 Å². The molecule has 1 atom stereocenters. The second-order valence-corrected chi connectivity index (χ2v) is 3.57. The molecular formula is C7H15Cl3N2O2. The van der Waals surface area contributed by atoms with Crippen LogP contribution in [0.2, 0.25) is 0 Å². The van der Waals surface area contributed by atoms with Crippen molar-refractivity contribution in [3.63, 3.8) is 0 Å². The molecule has 0 aliphatic heterocycles. The molecule has 4 nitrogen and oxygen atoms in total. The van der Waals surface area contributed by atoms with E-state index in [-0.39, 0.29) is 12.4 Å². The molecule has 0 amide bonds. The number of carbonyl (C=O) groups is 1. The van der Waals surface area contributed by atoms with Crippen LogP contribution < -0.4 is 5.73 Å². The normalized spacial score (nSPS) is 14.6. The summed E-state index contributed by atoms with van der Waals surface area (Å²) in [6.07, 6.45) is 0. The average molecular weight is 266 g/mol. The maximum absolute atomic E-state index is 10.8. The molecule has 0 aromatic rings.